The van der Waals surface area contributed by atoms with Crippen molar-refractivity contribution in [3.63, 3.8) is 0 Å². The number of nitrogens with one attached hydrogen (secondary N) is 1. The van der Waals surface area contributed by atoms with Crippen LogP contribution in [-0.2, 0) is 4.79 Å². The second-order valence-electron chi connectivity index (χ2n) is 5.47. The third kappa shape index (κ3) is 5.28. The third-order valence-corrected chi connectivity index (χ3v) is 4.69. The van der Waals surface area contributed by atoms with Crippen LogP contribution in [0.15, 0.2) is 54.6 Å². The van der Waals surface area contributed by atoms with Crippen LogP contribution in [-0.4, -0.2) is 29.6 Å². The van der Waals surface area contributed by atoms with E-state index in [0.29, 0.717) is 11.5 Å². The summed E-state index contributed by atoms with van der Waals surface area (Å²) in [7, 11) is 1.62. The van der Waals surface area contributed by atoms with Gasteiger partial charge in [-0.1, -0.05) is 48.5 Å². The molecule has 5 heteroatoms. The average molecular weight is 345 g/mol. The number of methoxy groups -OCH3 is 1. The number of para-hydroxylation sites is 1. The van der Waals surface area contributed by atoms with E-state index in [1.54, 1.807) is 7.11 Å². The third-order valence-electron chi connectivity index (χ3n) is 3.68. The zero-order valence-electron chi connectivity index (χ0n) is 13.9. The molecule has 0 unspecified atom stereocenters. The summed E-state index contributed by atoms with van der Waals surface area (Å²) in [6.07, 6.45) is -0.560. The highest BCUT2D eigenvalue weighted by Gasteiger charge is 2.14. The van der Waals surface area contributed by atoms with Gasteiger partial charge in [-0.15, -0.1) is 11.8 Å². The number of hydrogen-bond donors (Lipinski definition) is 2. The van der Waals surface area contributed by atoms with E-state index in [4.69, 9.17) is 4.74 Å². The van der Waals surface area contributed by atoms with Crippen molar-refractivity contribution in [3.05, 3.63) is 65.7 Å². The maximum Gasteiger partial charge on any atom is 0.230 e. The topological polar surface area (TPSA) is 58.6 Å². The van der Waals surface area contributed by atoms with Crippen molar-refractivity contribution < 1.29 is 14.6 Å². The van der Waals surface area contributed by atoms with Crippen LogP contribution in [0.25, 0.3) is 0 Å². The molecule has 2 aromatic rings. The molecule has 0 saturated carbocycles. The van der Waals surface area contributed by atoms with Crippen LogP contribution in [0.3, 0.4) is 0 Å². The fourth-order valence-electron chi connectivity index (χ4n) is 2.42. The molecule has 0 bridgehead atoms. The van der Waals surface area contributed by atoms with Crippen molar-refractivity contribution in [1.29, 1.82) is 0 Å². The van der Waals surface area contributed by atoms with Crippen molar-refractivity contribution in [2.45, 2.75) is 19.1 Å². The minimum absolute atomic E-state index is 0.0568. The Morgan fingerprint density at radius 1 is 1.17 bits per heavy atom. The van der Waals surface area contributed by atoms with Crippen molar-refractivity contribution in [1.82, 2.24) is 5.32 Å². The van der Waals surface area contributed by atoms with Gasteiger partial charge in [-0.3, -0.25) is 4.79 Å². The number of aliphatic hydroxyl groups is 1. The minimum Gasteiger partial charge on any atom is -0.496 e. The number of benzene rings is 2. The molecule has 2 rings (SSSR count). The number of rotatable bonds is 8. The number of ether oxygens (including phenoxy) is 1. The fourth-order valence-corrected chi connectivity index (χ4v) is 3.22. The number of amides is 1. The molecule has 0 saturated heterocycles. The Balaban J connectivity index is 1.79. The molecule has 24 heavy (non-hydrogen) atoms. The van der Waals surface area contributed by atoms with Crippen molar-refractivity contribution in [2.75, 3.05) is 18.6 Å². The van der Waals surface area contributed by atoms with Crippen LogP contribution in [0.5, 0.6) is 5.75 Å². The summed E-state index contributed by atoms with van der Waals surface area (Å²) in [5.74, 6) is 1.50. The standard InChI is InChI=1S/C19H23NO3S/c1-14(16-10-6-7-11-18(16)23-2)20-19(22)13-24-12-17(21)15-8-4-3-5-9-15/h3-11,14,17,21H,12-13H2,1-2H3,(H,20,22)/t14-,17+/m1/s1. The zero-order valence-corrected chi connectivity index (χ0v) is 14.8. The average Bonchev–Trinajstić information content (AvgIpc) is 2.62. The van der Waals surface area contributed by atoms with E-state index in [-0.39, 0.29) is 11.9 Å². The molecule has 2 N–H and O–H groups in total. The van der Waals surface area contributed by atoms with Gasteiger partial charge in [0.1, 0.15) is 5.75 Å². The Labute approximate surface area is 147 Å². The lowest BCUT2D eigenvalue weighted by Gasteiger charge is -2.17. The van der Waals surface area contributed by atoms with Gasteiger partial charge in [-0.2, -0.15) is 0 Å². The summed E-state index contributed by atoms with van der Waals surface area (Å²) < 4.78 is 5.32. The van der Waals surface area contributed by atoms with Gasteiger partial charge < -0.3 is 15.2 Å². The normalized spacial score (nSPS) is 13.1. The number of thioether (sulfide) groups is 1. The van der Waals surface area contributed by atoms with Crippen LogP contribution in [0.1, 0.15) is 30.2 Å². The Morgan fingerprint density at radius 3 is 2.54 bits per heavy atom. The van der Waals surface area contributed by atoms with Crippen LogP contribution >= 0.6 is 11.8 Å². The Kier molecular flexibility index (Phi) is 7.15. The summed E-state index contributed by atoms with van der Waals surface area (Å²) >= 11 is 1.42. The first-order valence-corrected chi connectivity index (χ1v) is 9.00. The van der Waals surface area contributed by atoms with Crippen LogP contribution in [0, 0.1) is 0 Å². The number of aliphatic hydroxyl groups excluding tert-OH is 1. The first kappa shape index (κ1) is 18.4. The summed E-state index contributed by atoms with van der Waals surface area (Å²) in [6, 6.07) is 17.0. The quantitative estimate of drug-likeness (QED) is 0.770. The second-order valence-corrected chi connectivity index (χ2v) is 6.50. The van der Waals surface area contributed by atoms with E-state index in [2.05, 4.69) is 5.32 Å². The number of carbonyl (C=O) groups is 1. The van der Waals surface area contributed by atoms with E-state index in [1.807, 2.05) is 61.5 Å². The molecule has 0 aliphatic carbocycles. The first-order chi connectivity index (χ1) is 11.6. The molecule has 0 fully saturated rings. The van der Waals surface area contributed by atoms with E-state index in [0.717, 1.165) is 16.9 Å². The van der Waals surface area contributed by atoms with Crippen molar-refractivity contribution >= 4 is 17.7 Å². The van der Waals surface area contributed by atoms with Crippen LogP contribution in [0.2, 0.25) is 0 Å². The van der Waals surface area contributed by atoms with Gasteiger partial charge in [-0.25, -0.2) is 0 Å². The SMILES string of the molecule is COc1ccccc1[C@@H](C)NC(=O)CSC[C@H](O)c1ccccc1. The number of hydrogen-bond acceptors (Lipinski definition) is 4. The largest absolute Gasteiger partial charge is 0.496 e. The van der Waals surface area contributed by atoms with E-state index >= 15 is 0 Å². The predicted octanol–water partition coefficient (Wildman–Crippen LogP) is 3.34. The molecule has 0 aromatic heterocycles. The molecule has 0 spiro atoms. The zero-order chi connectivity index (χ0) is 17.4. The highest BCUT2D eigenvalue weighted by molar-refractivity contribution is 7.99. The molecule has 4 nitrogen and oxygen atoms in total. The second kappa shape index (κ2) is 9.35. The fraction of sp³-hybridized carbons (Fsp3) is 0.316. The highest BCUT2D eigenvalue weighted by Crippen LogP contribution is 2.24. The molecule has 2 atom stereocenters. The molecule has 0 aliphatic heterocycles. The summed E-state index contributed by atoms with van der Waals surface area (Å²) in [6.45, 7) is 1.93. The first-order valence-electron chi connectivity index (χ1n) is 7.85. The Hall–Kier alpha value is -1.98. The molecule has 0 radical (unpaired) electrons. The molecular formula is C19H23NO3S. The van der Waals surface area contributed by atoms with Crippen LogP contribution in [0.4, 0.5) is 0 Å². The van der Waals surface area contributed by atoms with Gasteiger partial charge in [-0.05, 0) is 18.6 Å². The summed E-state index contributed by atoms with van der Waals surface area (Å²) in [5.41, 5.74) is 1.82. The van der Waals surface area contributed by atoms with Gasteiger partial charge in [0.25, 0.3) is 0 Å². The maximum atomic E-state index is 12.1. The van der Waals surface area contributed by atoms with Gasteiger partial charge in [0.05, 0.1) is 25.0 Å². The van der Waals surface area contributed by atoms with Gasteiger partial charge in [0, 0.05) is 11.3 Å². The molecule has 0 heterocycles. The predicted molar refractivity (Wildman–Crippen MR) is 98.3 cm³/mol. The van der Waals surface area contributed by atoms with E-state index < -0.39 is 6.10 Å². The lowest BCUT2D eigenvalue weighted by Crippen LogP contribution is -2.28. The molecule has 128 valence electrons. The lowest BCUT2D eigenvalue weighted by atomic mass is 10.1. The minimum atomic E-state index is -0.560. The maximum absolute atomic E-state index is 12.1. The molecular weight excluding hydrogens is 322 g/mol. The smallest absolute Gasteiger partial charge is 0.230 e. The van der Waals surface area contributed by atoms with E-state index in [1.165, 1.54) is 11.8 Å². The lowest BCUT2D eigenvalue weighted by molar-refractivity contribution is -0.119. The molecule has 0 aliphatic rings. The van der Waals surface area contributed by atoms with E-state index in [9.17, 15) is 9.90 Å². The Morgan fingerprint density at radius 2 is 1.83 bits per heavy atom. The monoisotopic (exact) mass is 345 g/mol. The molecule has 1 amide bonds. The van der Waals surface area contributed by atoms with Crippen LogP contribution < -0.4 is 10.1 Å². The Bertz CT molecular complexity index is 648. The number of carbonyl (C=O) groups excluding carboxylic acids is 1. The summed E-state index contributed by atoms with van der Waals surface area (Å²) in [5, 5.41) is 13.1. The summed E-state index contributed by atoms with van der Waals surface area (Å²) in [4.78, 5) is 12.1. The highest BCUT2D eigenvalue weighted by atomic mass is 32.2. The van der Waals surface area contributed by atoms with Gasteiger partial charge in [0.15, 0.2) is 0 Å². The molecule has 2 aromatic carbocycles. The van der Waals surface area contributed by atoms with Crippen molar-refractivity contribution in [3.8, 4) is 5.75 Å². The van der Waals surface area contributed by atoms with Gasteiger partial charge >= 0.3 is 0 Å². The van der Waals surface area contributed by atoms with Crippen molar-refractivity contribution in [2.24, 2.45) is 0 Å². The van der Waals surface area contributed by atoms with Gasteiger partial charge in [0.2, 0.25) is 5.91 Å².